The van der Waals surface area contributed by atoms with Crippen molar-refractivity contribution < 1.29 is 13.2 Å². The molecule has 1 rings (SSSR count). The van der Waals surface area contributed by atoms with Crippen LogP contribution >= 0.6 is 0 Å². The van der Waals surface area contributed by atoms with Gasteiger partial charge in [-0.05, 0) is 38.5 Å². The van der Waals surface area contributed by atoms with E-state index in [1.54, 1.807) is 0 Å². The first-order valence-electron chi connectivity index (χ1n) is 6.23. The SMILES string of the molecule is CCCS(=O)(=O)NCCCCC1CCCO1. The van der Waals surface area contributed by atoms with E-state index >= 15 is 0 Å². The summed E-state index contributed by atoms with van der Waals surface area (Å²) in [6, 6.07) is 0. The van der Waals surface area contributed by atoms with Crippen LogP contribution in [0.5, 0.6) is 0 Å². The van der Waals surface area contributed by atoms with Crippen molar-refractivity contribution in [2.45, 2.75) is 51.6 Å². The van der Waals surface area contributed by atoms with Gasteiger partial charge in [0.1, 0.15) is 0 Å². The topological polar surface area (TPSA) is 55.4 Å². The molecule has 5 heteroatoms. The summed E-state index contributed by atoms with van der Waals surface area (Å²) in [6.07, 6.45) is 6.45. The highest BCUT2D eigenvalue weighted by atomic mass is 32.2. The Morgan fingerprint density at radius 1 is 1.38 bits per heavy atom. The first-order chi connectivity index (χ1) is 7.64. The molecular formula is C11H23NO3S. The molecule has 0 saturated carbocycles. The Morgan fingerprint density at radius 2 is 2.19 bits per heavy atom. The van der Waals surface area contributed by atoms with Crippen molar-refractivity contribution in [2.75, 3.05) is 18.9 Å². The minimum Gasteiger partial charge on any atom is -0.378 e. The van der Waals surface area contributed by atoms with Crippen LogP contribution in [0.25, 0.3) is 0 Å². The van der Waals surface area contributed by atoms with Crippen molar-refractivity contribution in [1.82, 2.24) is 4.72 Å². The molecule has 1 aliphatic heterocycles. The lowest BCUT2D eigenvalue weighted by molar-refractivity contribution is 0.102. The van der Waals surface area contributed by atoms with Crippen LogP contribution in [-0.2, 0) is 14.8 Å². The molecule has 1 heterocycles. The van der Waals surface area contributed by atoms with E-state index in [1.165, 1.54) is 12.8 Å². The van der Waals surface area contributed by atoms with E-state index in [2.05, 4.69) is 4.72 Å². The Bertz CT molecular complexity index is 271. The predicted molar refractivity (Wildman–Crippen MR) is 64.9 cm³/mol. The van der Waals surface area contributed by atoms with Crippen molar-refractivity contribution in [3.8, 4) is 0 Å². The van der Waals surface area contributed by atoms with Crippen LogP contribution < -0.4 is 4.72 Å². The lowest BCUT2D eigenvalue weighted by atomic mass is 10.1. The molecule has 96 valence electrons. The standard InChI is InChI=1S/C11H23NO3S/c1-2-10-16(13,14)12-8-4-3-6-11-7-5-9-15-11/h11-12H,2-10H2,1H3. The van der Waals surface area contributed by atoms with Crippen LogP contribution in [0.1, 0.15) is 45.4 Å². The second kappa shape index (κ2) is 7.25. The molecule has 0 aromatic rings. The Labute approximate surface area is 98.8 Å². The van der Waals surface area contributed by atoms with Gasteiger partial charge in [0, 0.05) is 13.2 Å². The van der Waals surface area contributed by atoms with E-state index in [4.69, 9.17) is 4.74 Å². The maximum Gasteiger partial charge on any atom is 0.211 e. The van der Waals surface area contributed by atoms with Gasteiger partial charge in [0.05, 0.1) is 11.9 Å². The quantitative estimate of drug-likeness (QED) is 0.666. The van der Waals surface area contributed by atoms with Gasteiger partial charge in [-0.3, -0.25) is 0 Å². The lowest BCUT2D eigenvalue weighted by Crippen LogP contribution is -2.27. The minimum atomic E-state index is -3.01. The maximum absolute atomic E-state index is 11.3. The van der Waals surface area contributed by atoms with Gasteiger partial charge >= 0.3 is 0 Å². The molecule has 16 heavy (non-hydrogen) atoms. The normalized spacial score (nSPS) is 21.4. The lowest BCUT2D eigenvalue weighted by Gasteiger charge is -2.09. The molecule has 1 fully saturated rings. The molecule has 1 N–H and O–H groups in total. The molecule has 0 bridgehead atoms. The summed E-state index contributed by atoms with van der Waals surface area (Å²) in [5.74, 6) is 0.235. The van der Waals surface area contributed by atoms with E-state index in [0.717, 1.165) is 25.9 Å². The Hall–Kier alpha value is -0.130. The van der Waals surface area contributed by atoms with Crippen LogP contribution in [0.2, 0.25) is 0 Å². The van der Waals surface area contributed by atoms with Crippen molar-refractivity contribution in [1.29, 1.82) is 0 Å². The Balaban J connectivity index is 1.98. The molecule has 4 nitrogen and oxygen atoms in total. The average molecular weight is 249 g/mol. The molecule has 0 radical (unpaired) electrons. The first-order valence-corrected chi connectivity index (χ1v) is 7.88. The number of hydrogen-bond acceptors (Lipinski definition) is 3. The van der Waals surface area contributed by atoms with Gasteiger partial charge < -0.3 is 4.74 Å². The van der Waals surface area contributed by atoms with Gasteiger partial charge in [0.25, 0.3) is 0 Å². The molecule has 1 unspecified atom stereocenters. The molecule has 0 aliphatic carbocycles. The third-order valence-corrected chi connectivity index (χ3v) is 4.36. The molecule has 1 aliphatic rings. The van der Waals surface area contributed by atoms with E-state index in [9.17, 15) is 8.42 Å². The van der Waals surface area contributed by atoms with Gasteiger partial charge in [-0.25, -0.2) is 13.1 Å². The molecule has 1 atom stereocenters. The second-order valence-corrected chi connectivity index (χ2v) is 6.27. The zero-order chi connectivity index (χ0) is 11.9. The van der Waals surface area contributed by atoms with Crippen molar-refractivity contribution >= 4 is 10.0 Å². The summed E-state index contributed by atoms with van der Waals surface area (Å²) in [5, 5.41) is 0. The number of hydrogen-bond donors (Lipinski definition) is 1. The fourth-order valence-electron chi connectivity index (χ4n) is 1.94. The number of nitrogens with one attached hydrogen (secondary N) is 1. The largest absolute Gasteiger partial charge is 0.378 e. The summed E-state index contributed by atoms with van der Waals surface area (Å²) >= 11 is 0. The summed E-state index contributed by atoms with van der Waals surface area (Å²) in [4.78, 5) is 0. The van der Waals surface area contributed by atoms with Crippen molar-refractivity contribution in [3.05, 3.63) is 0 Å². The minimum absolute atomic E-state index is 0.235. The van der Waals surface area contributed by atoms with Gasteiger partial charge in [0.2, 0.25) is 10.0 Å². The second-order valence-electron chi connectivity index (χ2n) is 4.34. The highest BCUT2D eigenvalue weighted by Crippen LogP contribution is 2.17. The smallest absolute Gasteiger partial charge is 0.211 e. The predicted octanol–water partition coefficient (Wildman–Crippen LogP) is 1.67. The van der Waals surface area contributed by atoms with Crippen LogP contribution in [0.4, 0.5) is 0 Å². The zero-order valence-electron chi connectivity index (χ0n) is 10.1. The molecule has 0 aromatic carbocycles. The third-order valence-electron chi connectivity index (χ3n) is 2.77. The van der Waals surface area contributed by atoms with Gasteiger partial charge in [-0.15, -0.1) is 0 Å². The first kappa shape index (κ1) is 13.9. The summed E-state index contributed by atoms with van der Waals surface area (Å²) in [7, 11) is -3.01. The maximum atomic E-state index is 11.3. The van der Waals surface area contributed by atoms with Gasteiger partial charge in [-0.2, -0.15) is 0 Å². The number of sulfonamides is 1. The molecule has 1 saturated heterocycles. The van der Waals surface area contributed by atoms with Crippen molar-refractivity contribution in [2.24, 2.45) is 0 Å². The molecule has 0 aromatic heterocycles. The summed E-state index contributed by atoms with van der Waals surface area (Å²) in [5.41, 5.74) is 0. The number of unbranched alkanes of at least 4 members (excludes halogenated alkanes) is 1. The van der Waals surface area contributed by atoms with E-state index in [1.807, 2.05) is 6.92 Å². The van der Waals surface area contributed by atoms with Gasteiger partial charge in [-0.1, -0.05) is 6.92 Å². The number of rotatable bonds is 8. The fourth-order valence-corrected chi connectivity index (χ4v) is 3.07. The fraction of sp³-hybridized carbons (Fsp3) is 1.00. The van der Waals surface area contributed by atoms with E-state index < -0.39 is 10.0 Å². The monoisotopic (exact) mass is 249 g/mol. The van der Waals surface area contributed by atoms with Crippen LogP contribution in [0.3, 0.4) is 0 Å². The van der Waals surface area contributed by atoms with Crippen LogP contribution in [0, 0.1) is 0 Å². The van der Waals surface area contributed by atoms with Crippen molar-refractivity contribution in [3.63, 3.8) is 0 Å². The van der Waals surface area contributed by atoms with Crippen LogP contribution in [0.15, 0.2) is 0 Å². The zero-order valence-corrected chi connectivity index (χ0v) is 10.9. The average Bonchev–Trinajstić information content (AvgIpc) is 2.69. The molecular weight excluding hydrogens is 226 g/mol. The Kier molecular flexibility index (Phi) is 6.31. The molecule has 0 amide bonds. The highest BCUT2D eigenvalue weighted by molar-refractivity contribution is 7.89. The van der Waals surface area contributed by atoms with Crippen LogP contribution in [-0.4, -0.2) is 33.4 Å². The summed E-state index contributed by atoms with van der Waals surface area (Å²) in [6.45, 7) is 3.33. The Morgan fingerprint density at radius 3 is 2.81 bits per heavy atom. The van der Waals surface area contributed by atoms with Gasteiger partial charge in [0.15, 0.2) is 0 Å². The molecule has 0 spiro atoms. The third kappa shape index (κ3) is 5.82. The highest BCUT2D eigenvalue weighted by Gasteiger charge is 2.14. The van der Waals surface area contributed by atoms with E-state index in [0.29, 0.717) is 19.1 Å². The number of ether oxygens (including phenoxy) is 1. The summed E-state index contributed by atoms with van der Waals surface area (Å²) < 4.78 is 30.7. The van der Waals surface area contributed by atoms with E-state index in [-0.39, 0.29) is 5.75 Å².